The van der Waals surface area contributed by atoms with Crippen molar-refractivity contribution < 1.29 is 14.3 Å². The summed E-state index contributed by atoms with van der Waals surface area (Å²) in [5, 5.41) is 11.3. The van der Waals surface area contributed by atoms with Gasteiger partial charge >= 0.3 is 0 Å². The summed E-state index contributed by atoms with van der Waals surface area (Å²) in [6.07, 6.45) is 2.14. The Kier molecular flexibility index (Phi) is 3.71. The van der Waals surface area contributed by atoms with Gasteiger partial charge in [-0.2, -0.15) is 0 Å². The minimum atomic E-state index is -0.137. The first kappa shape index (κ1) is 10.8. The first-order valence-electron chi connectivity index (χ1n) is 4.60. The number of aliphatic hydroxyl groups is 1. The molecule has 0 aliphatic rings. The van der Waals surface area contributed by atoms with Crippen molar-refractivity contribution in [2.24, 2.45) is 0 Å². The molecule has 4 heteroatoms. The van der Waals surface area contributed by atoms with Gasteiger partial charge in [0.05, 0.1) is 11.8 Å². The Hall–Kier alpha value is -1.29. The Bertz CT molecular complexity index is 298. The molecule has 0 aliphatic carbocycles. The van der Waals surface area contributed by atoms with Crippen LogP contribution in [0.2, 0.25) is 0 Å². The van der Waals surface area contributed by atoms with Crippen LogP contribution in [-0.2, 0) is 0 Å². The number of nitrogens with one attached hydrogen (secondary N) is 1. The highest BCUT2D eigenvalue weighted by atomic mass is 16.3. The minimum absolute atomic E-state index is 0.0869. The van der Waals surface area contributed by atoms with Crippen LogP contribution in [0.1, 0.15) is 28.1 Å². The summed E-state index contributed by atoms with van der Waals surface area (Å²) in [5.74, 6) is 0.492. The predicted molar refractivity (Wildman–Crippen MR) is 52.2 cm³/mol. The fourth-order valence-electron chi connectivity index (χ4n) is 1.28. The van der Waals surface area contributed by atoms with Gasteiger partial charge in [-0.25, -0.2) is 0 Å². The molecule has 0 spiro atoms. The van der Waals surface area contributed by atoms with Crippen LogP contribution < -0.4 is 5.32 Å². The number of amides is 1. The van der Waals surface area contributed by atoms with E-state index in [0.29, 0.717) is 24.3 Å². The SMILES string of the molecule is Cc1coc(C)c1C(=O)NCCCO. The maximum Gasteiger partial charge on any atom is 0.255 e. The Balaban J connectivity index is 2.60. The van der Waals surface area contributed by atoms with Crippen LogP contribution in [0, 0.1) is 13.8 Å². The number of aliphatic hydroxyl groups excluding tert-OH is 1. The average Bonchev–Trinajstić information content (AvgIpc) is 2.46. The lowest BCUT2D eigenvalue weighted by atomic mass is 10.1. The van der Waals surface area contributed by atoms with Crippen LogP contribution in [0.25, 0.3) is 0 Å². The number of carbonyl (C=O) groups excluding carboxylic acids is 1. The van der Waals surface area contributed by atoms with E-state index in [4.69, 9.17) is 9.52 Å². The second kappa shape index (κ2) is 4.81. The molecule has 1 rings (SSSR count). The number of furan rings is 1. The van der Waals surface area contributed by atoms with Gasteiger partial charge in [0, 0.05) is 18.7 Å². The topological polar surface area (TPSA) is 62.5 Å². The lowest BCUT2D eigenvalue weighted by molar-refractivity contribution is 0.0949. The van der Waals surface area contributed by atoms with Crippen molar-refractivity contribution in [3.63, 3.8) is 0 Å². The highest BCUT2D eigenvalue weighted by molar-refractivity contribution is 5.96. The van der Waals surface area contributed by atoms with E-state index in [1.54, 1.807) is 13.2 Å². The molecule has 1 aromatic rings. The van der Waals surface area contributed by atoms with E-state index in [-0.39, 0.29) is 12.5 Å². The molecule has 1 amide bonds. The number of hydrogen-bond acceptors (Lipinski definition) is 3. The van der Waals surface area contributed by atoms with Crippen LogP contribution in [0.15, 0.2) is 10.7 Å². The van der Waals surface area contributed by atoms with E-state index in [9.17, 15) is 4.79 Å². The summed E-state index contributed by atoms with van der Waals surface area (Å²) < 4.78 is 5.11. The highest BCUT2D eigenvalue weighted by Gasteiger charge is 2.14. The third kappa shape index (κ3) is 2.35. The number of hydrogen-bond donors (Lipinski definition) is 2. The quantitative estimate of drug-likeness (QED) is 0.708. The minimum Gasteiger partial charge on any atom is -0.469 e. The van der Waals surface area contributed by atoms with E-state index in [2.05, 4.69) is 5.32 Å². The summed E-state index contributed by atoms with van der Waals surface area (Å²) in [6.45, 7) is 4.16. The van der Waals surface area contributed by atoms with Crippen molar-refractivity contribution in [1.82, 2.24) is 5.32 Å². The zero-order chi connectivity index (χ0) is 10.6. The largest absolute Gasteiger partial charge is 0.469 e. The molecule has 4 nitrogen and oxygen atoms in total. The van der Waals surface area contributed by atoms with Gasteiger partial charge in [-0.15, -0.1) is 0 Å². The van der Waals surface area contributed by atoms with Crippen LogP contribution in [0.5, 0.6) is 0 Å². The molecule has 0 radical (unpaired) electrons. The Labute approximate surface area is 82.9 Å². The average molecular weight is 197 g/mol. The van der Waals surface area contributed by atoms with Gasteiger partial charge in [-0.1, -0.05) is 0 Å². The summed E-state index contributed by atoms with van der Waals surface area (Å²) in [4.78, 5) is 11.6. The molecule has 0 aliphatic heterocycles. The monoisotopic (exact) mass is 197 g/mol. The fraction of sp³-hybridized carbons (Fsp3) is 0.500. The lowest BCUT2D eigenvalue weighted by Gasteiger charge is -2.03. The third-order valence-corrected chi connectivity index (χ3v) is 2.01. The molecule has 0 saturated carbocycles. The molecule has 1 heterocycles. The first-order chi connectivity index (χ1) is 6.66. The van der Waals surface area contributed by atoms with Gasteiger partial charge in [0.15, 0.2) is 0 Å². The van der Waals surface area contributed by atoms with Crippen molar-refractivity contribution in [3.8, 4) is 0 Å². The molecule has 0 atom stereocenters. The first-order valence-corrected chi connectivity index (χ1v) is 4.60. The molecule has 14 heavy (non-hydrogen) atoms. The molecule has 2 N–H and O–H groups in total. The number of carbonyl (C=O) groups is 1. The molecular formula is C10H15NO3. The second-order valence-corrected chi connectivity index (χ2v) is 3.18. The van der Waals surface area contributed by atoms with E-state index >= 15 is 0 Å². The van der Waals surface area contributed by atoms with Gasteiger partial charge in [0.1, 0.15) is 5.76 Å². The highest BCUT2D eigenvalue weighted by Crippen LogP contribution is 2.14. The van der Waals surface area contributed by atoms with Crippen LogP contribution in [0.4, 0.5) is 0 Å². The van der Waals surface area contributed by atoms with Crippen molar-refractivity contribution in [2.45, 2.75) is 20.3 Å². The predicted octanol–water partition coefficient (Wildman–Crippen LogP) is 1.01. The van der Waals surface area contributed by atoms with Crippen LogP contribution in [-0.4, -0.2) is 24.2 Å². The van der Waals surface area contributed by atoms with E-state index in [1.165, 1.54) is 0 Å². The lowest BCUT2D eigenvalue weighted by Crippen LogP contribution is -2.25. The normalized spacial score (nSPS) is 10.2. The summed E-state index contributed by atoms with van der Waals surface area (Å²) in [5.41, 5.74) is 1.44. The van der Waals surface area contributed by atoms with Crippen molar-refractivity contribution in [2.75, 3.05) is 13.2 Å². The zero-order valence-corrected chi connectivity index (χ0v) is 8.46. The van der Waals surface area contributed by atoms with Gasteiger partial charge in [-0.3, -0.25) is 4.79 Å². The maximum atomic E-state index is 11.6. The molecule has 0 bridgehead atoms. The Morgan fingerprint density at radius 2 is 2.29 bits per heavy atom. The van der Waals surface area contributed by atoms with Crippen LogP contribution in [0.3, 0.4) is 0 Å². The van der Waals surface area contributed by atoms with Gasteiger partial charge in [0.25, 0.3) is 5.91 Å². The molecule has 78 valence electrons. The Morgan fingerprint density at radius 3 is 2.79 bits per heavy atom. The maximum absolute atomic E-state index is 11.6. The molecule has 0 saturated heterocycles. The molecule has 0 unspecified atom stereocenters. The van der Waals surface area contributed by atoms with Crippen molar-refractivity contribution >= 4 is 5.91 Å². The van der Waals surface area contributed by atoms with Crippen LogP contribution >= 0.6 is 0 Å². The Morgan fingerprint density at radius 1 is 1.57 bits per heavy atom. The fourth-order valence-corrected chi connectivity index (χ4v) is 1.28. The van der Waals surface area contributed by atoms with E-state index in [0.717, 1.165) is 5.56 Å². The standard InChI is InChI=1S/C10H15NO3/c1-7-6-14-8(2)9(7)10(13)11-4-3-5-12/h6,12H,3-5H2,1-2H3,(H,11,13). The van der Waals surface area contributed by atoms with Gasteiger partial charge in [-0.05, 0) is 20.3 Å². The zero-order valence-electron chi connectivity index (χ0n) is 8.46. The summed E-state index contributed by atoms with van der Waals surface area (Å²) in [6, 6.07) is 0. The smallest absolute Gasteiger partial charge is 0.255 e. The van der Waals surface area contributed by atoms with Gasteiger partial charge < -0.3 is 14.8 Å². The summed E-state index contributed by atoms with van der Waals surface area (Å²) >= 11 is 0. The third-order valence-electron chi connectivity index (χ3n) is 2.01. The molecule has 0 aromatic carbocycles. The molecule has 1 aromatic heterocycles. The second-order valence-electron chi connectivity index (χ2n) is 3.18. The molecular weight excluding hydrogens is 182 g/mol. The summed E-state index contributed by atoms with van der Waals surface area (Å²) in [7, 11) is 0. The van der Waals surface area contributed by atoms with Crippen molar-refractivity contribution in [3.05, 3.63) is 23.2 Å². The van der Waals surface area contributed by atoms with Gasteiger partial charge in [0.2, 0.25) is 0 Å². The number of aryl methyl sites for hydroxylation is 2. The van der Waals surface area contributed by atoms with E-state index in [1.807, 2.05) is 6.92 Å². The molecule has 0 fully saturated rings. The number of rotatable bonds is 4. The van der Waals surface area contributed by atoms with Crippen molar-refractivity contribution in [1.29, 1.82) is 0 Å². The van der Waals surface area contributed by atoms with E-state index < -0.39 is 0 Å².